The van der Waals surface area contributed by atoms with E-state index in [9.17, 15) is 12.8 Å². The SMILES string of the molecule is CN=C(NCc1cc(F)ccc1CS(C)(=O)=O)NCC(C)(C)N1CCCC(C)C1. The van der Waals surface area contributed by atoms with Gasteiger partial charge in [-0.3, -0.25) is 9.89 Å². The first-order valence-electron chi connectivity index (χ1n) is 10.1. The molecular weight excluding hydrogens is 391 g/mol. The van der Waals surface area contributed by atoms with Crippen molar-refractivity contribution in [2.75, 3.05) is 32.9 Å². The quantitative estimate of drug-likeness (QED) is 0.518. The molecule has 1 heterocycles. The number of nitrogens with zero attached hydrogens (tertiary/aromatic N) is 2. The molecule has 1 aliphatic heterocycles. The Morgan fingerprint density at radius 3 is 2.66 bits per heavy atom. The molecule has 1 saturated heterocycles. The lowest BCUT2D eigenvalue weighted by Crippen LogP contribution is -2.55. The molecule has 0 aromatic heterocycles. The molecule has 1 aromatic rings. The van der Waals surface area contributed by atoms with Crippen molar-refractivity contribution in [3.05, 3.63) is 35.1 Å². The van der Waals surface area contributed by atoms with Gasteiger partial charge in [-0.15, -0.1) is 0 Å². The van der Waals surface area contributed by atoms with Crippen LogP contribution in [0.1, 0.15) is 44.7 Å². The van der Waals surface area contributed by atoms with Crippen molar-refractivity contribution in [2.24, 2.45) is 10.9 Å². The highest BCUT2D eigenvalue weighted by Crippen LogP contribution is 2.23. The third-order valence-electron chi connectivity index (χ3n) is 5.46. The number of sulfone groups is 1. The predicted molar refractivity (Wildman–Crippen MR) is 117 cm³/mol. The minimum atomic E-state index is -3.20. The Morgan fingerprint density at radius 1 is 1.31 bits per heavy atom. The molecule has 164 valence electrons. The van der Waals surface area contributed by atoms with Crippen molar-refractivity contribution in [1.82, 2.24) is 15.5 Å². The molecule has 0 spiro atoms. The number of rotatable bonds is 7. The zero-order chi connectivity index (χ0) is 21.7. The lowest BCUT2D eigenvalue weighted by Gasteiger charge is -2.43. The summed E-state index contributed by atoms with van der Waals surface area (Å²) >= 11 is 0. The maximum atomic E-state index is 13.7. The van der Waals surface area contributed by atoms with Crippen LogP contribution in [-0.2, 0) is 22.1 Å². The second-order valence-corrected chi connectivity index (χ2v) is 10.9. The fraction of sp³-hybridized carbons (Fsp3) is 0.667. The van der Waals surface area contributed by atoms with Crippen LogP contribution in [0, 0.1) is 11.7 Å². The summed E-state index contributed by atoms with van der Waals surface area (Å²) in [6, 6.07) is 4.20. The maximum Gasteiger partial charge on any atom is 0.191 e. The van der Waals surface area contributed by atoms with E-state index >= 15 is 0 Å². The van der Waals surface area contributed by atoms with Gasteiger partial charge in [-0.2, -0.15) is 0 Å². The van der Waals surface area contributed by atoms with Gasteiger partial charge >= 0.3 is 0 Å². The molecule has 0 bridgehead atoms. The number of piperidine rings is 1. The van der Waals surface area contributed by atoms with Gasteiger partial charge in [0, 0.05) is 38.5 Å². The highest BCUT2D eigenvalue weighted by atomic mass is 32.2. The number of aliphatic imine (C=N–C) groups is 1. The molecule has 1 unspecified atom stereocenters. The first kappa shape index (κ1) is 23.6. The van der Waals surface area contributed by atoms with Gasteiger partial charge in [-0.05, 0) is 62.4 Å². The van der Waals surface area contributed by atoms with E-state index in [2.05, 4.69) is 41.3 Å². The van der Waals surface area contributed by atoms with E-state index in [1.165, 1.54) is 37.3 Å². The van der Waals surface area contributed by atoms with Gasteiger partial charge in [-0.25, -0.2) is 12.8 Å². The molecule has 1 atom stereocenters. The second kappa shape index (κ2) is 9.89. The molecule has 0 aliphatic carbocycles. The van der Waals surface area contributed by atoms with Crippen molar-refractivity contribution in [3.8, 4) is 0 Å². The van der Waals surface area contributed by atoms with Crippen LogP contribution in [-0.4, -0.2) is 57.8 Å². The number of benzene rings is 1. The summed E-state index contributed by atoms with van der Waals surface area (Å²) in [5, 5.41) is 6.54. The molecule has 0 amide bonds. The minimum absolute atomic E-state index is 0.0212. The van der Waals surface area contributed by atoms with Crippen molar-refractivity contribution >= 4 is 15.8 Å². The maximum absolute atomic E-state index is 13.7. The third kappa shape index (κ3) is 7.59. The topological polar surface area (TPSA) is 73.8 Å². The zero-order valence-electron chi connectivity index (χ0n) is 18.3. The van der Waals surface area contributed by atoms with E-state index in [0.29, 0.717) is 29.5 Å². The van der Waals surface area contributed by atoms with Gasteiger partial charge in [0.05, 0.1) is 5.75 Å². The van der Waals surface area contributed by atoms with Crippen LogP contribution in [0.3, 0.4) is 0 Å². The summed E-state index contributed by atoms with van der Waals surface area (Å²) in [5.41, 5.74) is 1.19. The Bertz CT molecular complexity index is 824. The average molecular weight is 427 g/mol. The Balaban J connectivity index is 1.98. The Hall–Kier alpha value is -1.67. The number of likely N-dealkylation sites (tertiary alicyclic amines) is 1. The average Bonchev–Trinajstić information content (AvgIpc) is 2.63. The number of hydrogen-bond donors (Lipinski definition) is 2. The first-order chi connectivity index (χ1) is 13.5. The fourth-order valence-corrected chi connectivity index (χ4v) is 4.58. The van der Waals surface area contributed by atoms with E-state index < -0.39 is 9.84 Å². The van der Waals surface area contributed by atoms with Gasteiger partial charge < -0.3 is 10.6 Å². The number of halogens is 1. The Kier molecular flexibility index (Phi) is 8.05. The van der Waals surface area contributed by atoms with Crippen molar-refractivity contribution in [2.45, 2.75) is 51.4 Å². The van der Waals surface area contributed by atoms with Crippen LogP contribution in [0.5, 0.6) is 0 Å². The van der Waals surface area contributed by atoms with E-state index in [-0.39, 0.29) is 17.1 Å². The molecule has 8 heteroatoms. The molecule has 1 aromatic carbocycles. The first-order valence-corrected chi connectivity index (χ1v) is 12.2. The van der Waals surface area contributed by atoms with E-state index in [1.54, 1.807) is 7.05 Å². The van der Waals surface area contributed by atoms with Crippen LogP contribution >= 0.6 is 0 Å². The number of guanidine groups is 1. The smallest absolute Gasteiger partial charge is 0.191 e. The van der Waals surface area contributed by atoms with Gasteiger partial charge in [0.15, 0.2) is 15.8 Å². The van der Waals surface area contributed by atoms with Crippen molar-refractivity contribution in [3.63, 3.8) is 0 Å². The summed E-state index contributed by atoms with van der Waals surface area (Å²) in [7, 11) is -1.52. The van der Waals surface area contributed by atoms with Gasteiger partial charge in [0.25, 0.3) is 0 Å². The molecule has 0 saturated carbocycles. The highest BCUT2D eigenvalue weighted by Gasteiger charge is 2.30. The standard InChI is InChI=1S/C21H35FN4O2S/c1-16-7-6-10-26(13-16)21(2,3)15-25-20(23-4)24-12-18-11-19(22)9-8-17(18)14-29(5,27)28/h8-9,11,16H,6-7,10,12-15H2,1-5H3,(H2,23,24,25). The monoisotopic (exact) mass is 426 g/mol. The lowest BCUT2D eigenvalue weighted by molar-refractivity contribution is 0.0739. The highest BCUT2D eigenvalue weighted by molar-refractivity contribution is 7.89. The molecule has 2 rings (SSSR count). The van der Waals surface area contributed by atoms with Gasteiger partial charge in [-0.1, -0.05) is 13.0 Å². The molecule has 1 aliphatic rings. The molecular formula is C21H35FN4O2S. The summed E-state index contributed by atoms with van der Waals surface area (Å²) in [6.07, 6.45) is 3.69. The van der Waals surface area contributed by atoms with Crippen molar-refractivity contribution < 1.29 is 12.8 Å². The molecule has 2 N–H and O–H groups in total. The third-order valence-corrected chi connectivity index (χ3v) is 6.29. The molecule has 1 fully saturated rings. The van der Waals surface area contributed by atoms with E-state index in [1.807, 2.05) is 0 Å². The van der Waals surface area contributed by atoms with E-state index in [4.69, 9.17) is 0 Å². The second-order valence-electron chi connectivity index (χ2n) is 8.77. The van der Waals surface area contributed by atoms with Crippen LogP contribution in [0.2, 0.25) is 0 Å². The zero-order valence-corrected chi connectivity index (χ0v) is 19.1. The summed E-state index contributed by atoms with van der Waals surface area (Å²) in [4.78, 5) is 6.77. The Morgan fingerprint density at radius 2 is 2.03 bits per heavy atom. The number of hydrogen-bond acceptors (Lipinski definition) is 4. The minimum Gasteiger partial charge on any atom is -0.355 e. The van der Waals surface area contributed by atoms with E-state index in [0.717, 1.165) is 19.6 Å². The molecule has 0 radical (unpaired) electrons. The molecule has 6 nitrogen and oxygen atoms in total. The van der Waals surface area contributed by atoms with Gasteiger partial charge in [0.1, 0.15) is 5.82 Å². The fourth-order valence-electron chi connectivity index (χ4n) is 3.73. The summed E-state index contributed by atoms with van der Waals surface area (Å²) in [5.74, 6) is 0.818. The lowest BCUT2D eigenvalue weighted by atomic mass is 9.93. The predicted octanol–water partition coefficient (Wildman–Crippen LogP) is 2.55. The van der Waals surface area contributed by atoms with Crippen LogP contribution in [0.25, 0.3) is 0 Å². The van der Waals surface area contributed by atoms with Crippen LogP contribution in [0.15, 0.2) is 23.2 Å². The van der Waals surface area contributed by atoms with Gasteiger partial charge in [0.2, 0.25) is 0 Å². The van der Waals surface area contributed by atoms with Crippen molar-refractivity contribution in [1.29, 1.82) is 0 Å². The summed E-state index contributed by atoms with van der Waals surface area (Å²) in [6.45, 7) is 9.96. The number of nitrogens with one attached hydrogen (secondary N) is 2. The largest absolute Gasteiger partial charge is 0.355 e. The molecule has 29 heavy (non-hydrogen) atoms. The van der Waals surface area contributed by atoms with Crippen LogP contribution in [0.4, 0.5) is 4.39 Å². The normalized spacial score (nSPS) is 19.2. The summed E-state index contributed by atoms with van der Waals surface area (Å²) < 4.78 is 37.0. The van der Waals surface area contributed by atoms with Crippen LogP contribution < -0.4 is 10.6 Å². The Labute approximate surface area is 174 Å².